The fourth-order valence-corrected chi connectivity index (χ4v) is 5.52. The Kier molecular flexibility index (Phi) is 7.08. The third kappa shape index (κ3) is 4.88. The van der Waals surface area contributed by atoms with Gasteiger partial charge in [0.1, 0.15) is 11.5 Å². The van der Waals surface area contributed by atoms with Gasteiger partial charge in [-0.15, -0.1) is 0 Å². The number of hydrogen-bond donors (Lipinski definition) is 1. The summed E-state index contributed by atoms with van der Waals surface area (Å²) in [5.41, 5.74) is 1.54. The maximum absolute atomic E-state index is 13.0. The van der Waals surface area contributed by atoms with Crippen LogP contribution in [0, 0.1) is 0 Å². The second-order valence-electron chi connectivity index (χ2n) is 8.32. The van der Waals surface area contributed by atoms with Gasteiger partial charge in [0.15, 0.2) is 0 Å². The van der Waals surface area contributed by atoms with E-state index in [4.69, 9.17) is 9.47 Å². The zero-order valence-electron chi connectivity index (χ0n) is 19.3. The van der Waals surface area contributed by atoms with Gasteiger partial charge >= 0.3 is 0 Å². The molecule has 2 fully saturated rings. The Morgan fingerprint density at radius 3 is 2.47 bits per heavy atom. The van der Waals surface area contributed by atoms with E-state index in [1.54, 1.807) is 42.2 Å². The Morgan fingerprint density at radius 1 is 1.06 bits per heavy atom. The molecule has 0 radical (unpaired) electrons. The zero-order valence-corrected chi connectivity index (χ0v) is 20.1. The van der Waals surface area contributed by atoms with Crippen LogP contribution < -0.4 is 19.1 Å². The van der Waals surface area contributed by atoms with Crippen LogP contribution in [0.3, 0.4) is 0 Å². The van der Waals surface area contributed by atoms with Crippen molar-refractivity contribution in [3.63, 3.8) is 0 Å². The fourth-order valence-electron chi connectivity index (χ4n) is 4.55. The molecule has 0 bridgehead atoms. The summed E-state index contributed by atoms with van der Waals surface area (Å²) in [4.78, 5) is 28.3. The second-order valence-corrected chi connectivity index (χ2v) is 10.1. The van der Waals surface area contributed by atoms with Gasteiger partial charge < -0.3 is 19.3 Å². The van der Waals surface area contributed by atoms with Gasteiger partial charge in [-0.1, -0.05) is 0 Å². The molecule has 2 amide bonds. The highest BCUT2D eigenvalue weighted by Gasteiger charge is 2.32. The molecule has 0 saturated carbocycles. The Hall–Kier alpha value is -3.11. The summed E-state index contributed by atoms with van der Waals surface area (Å²) in [6, 6.07) is 11.4. The van der Waals surface area contributed by atoms with E-state index in [0.29, 0.717) is 36.7 Å². The van der Waals surface area contributed by atoms with Crippen molar-refractivity contribution >= 4 is 27.5 Å². The minimum Gasteiger partial charge on any atom is -0.497 e. The van der Waals surface area contributed by atoms with Gasteiger partial charge in [-0.25, -0.2) is 13.1 Å². The molecule has 1 atom stereocenters. The Balaban J connectivity index is 1.43. The van der Waals surface area contributed by atoms with E-state index < -0.39 is 10.0 Å². The van der Waals surface area contributed by atoms with Gasteiger partial charge in [-0.2, -0.15) is 0 Å². The number of nitrogens with one attached hydrogen (secondary N) is 1. The average Bonchev–Trinajstić information content (AvgIpc) is 3.51. The Labute approximate surface area is 199 Å². The number of rotatable bonds is 8. The Bertz CT molecular complexity index is 1170. The van der Waals surface area contributed by atoms with Crippen LogP contribution >= 0.6 is 0 Å². The quantitative estimate of drug-likeness (QED) is 0.613. The van der Waals surface area contributed by atoms with Crippen molar-refractivity contribution in [3.05, 3.63) is 48.0 Å². The first kappa shape index (κ1) is 24.0. The molecule has 2 saturated heterocycles. The minimum atomic E-state index is -3.88. The van der Waals surface area contributed by atoms with Crippen molar-refractivity contribution in [2.45, 2.75) is 36.6 Å². The van der Waals surface area contributed by atoms with Gasteiger partial charge in [0.2, 0.25) is 21.8 Å². The van der Waals surface area contributed by atoms with E-state index in [1.165, 1.54) is 12.1 Å². The number of methoxy groups -OCH3 is 2. The molecule has 4 rings (SSSR count). The number of sulfonamides is 1. The monoisotopic (exact) mass is 487 g/mol. The Morgan fingerprint density at radius 2 is 1.82 bits per heavy atom. The summed E-state index contributed by atoms with van der Waals surface area (Å²) in [5, 5.41) is 0. The number of anilines is 1. The molecule has 2 aliphatic heterocycles. The van der Waals surface area contributed by atoms with Crippen molar-refractivity contribution in [2.24, 2.45) is 0 Å². The summed E-state index contributed by atoms with van der Waals surface area (Å²) in [6.45, 7) is 0.830. The maximum Gasteiger partial charge on any atom is 0.241 e. The van der Waals surface area contributed by atoms with Crippen LogP contribution in [0.25, 0.3) is 0 Å². The molecular weight excluding hydrogens is 458 g/mol. The molecule has 2 aromatic carbocycles. The van der Waals surface area contributed by atoms with Crippen LogP contribution in [0.2, 0.25) is 0 Å². The molecule has 0 aliphatic carbocycles. The highest BCUT2D eigenvalue weighted by atomic mass is 32.2. The van der Waals surface area contributed by atoms with Gasteiger partial charge in [0, 0.05) is 36.8 Å². The van der Waals surface area contributed by atoms with E-state index in [2.05, 4.69) is 4.72 Å². The number of amides is 2. The number of hydrogen-bond acceptors (Lipinski definition) is 6. The third-order valence-corrected chi connectivity index (χ3v) is 7.74. The first-order chi connectivity index (χ1) is 16.3. The van der Waals surface area contributed by atoms with Crippen LogP contribution in [0.1, 0.15) is 37.3 Å². The number of likely N-dealkylation sites (tertiary alicyclic amines) is 1. The van der Waals surface area contributed by atoms with Crippen molar-refractivity contribution < 1.29 is 27.5 Å². The topological polar surface area (TPSA) is 105 Å². The van der Waals surface area contributed by atoms with E-state index in [1.807, 2.05) is 12.1 Å². The van der Waals surface area contributed by atoms with Crippen molar-refractivity contribution in [2.75, 3.05) is 38.8 Å². The van der Waals surface area contributed by atoms with Crippen molar-refractivity contribution in [1.29, 1.82) is 0 Å². The number of ether oxygens (including phenoxy) is 2. The molecule has 2 aliphatic rings. The van der Waals surface area contributed by atoms with Gasteiger partial charge in [0.05, 0.1) is 31.7 Å². The lowest BCUT2D eigenvalue weighted by atomic mass is 10.0. The SMILES string of the molecule is COc1ccc([C@H]2CCCN2C(=O)CNS(=O)(=O)c2ccc(N3CCCC3=O)cc2)c(OC)c1. The van der Waals surface area contributed by atoms with Crippen LogP contribution in [0.5, 0.6) is 11.5 Å². The average molecular weight is 488 g/mol. The predicted octanol–water partition coefficient (Wildman–Crippen LogP) is 2.47. The molecule has 9 nitrogen and oxygen atoms in total. The molecule has 2 heterocycles. The first-order valence-corrected chi connectivity index (χ1v) is 12.7. The number of benzene rings is 2. The first-order valence-electron chi connectivity index (χ1n) is 11.3. The highest BCUT2D eigenvalue weighted by Crippen LogP contribution is 2.38. The highest BCUT2D eigenvalue weighted by molar-refractivity contribution is 7.89. The number of carbonyl (C=O) groups excluding carboxylic acids is 2. The predicted molar refractivity (Wildman–Crippen MR) is 126 cm³/mol. The van der Waals surface area contributed by atoms with Gasteiger partial charge in [0.25, 0.3) is 0 Å². The standard InChI is InChI=1S/C24H29N3O6S/c1-32-18-9-12-20(22(15-18)33-2)21-5-3-14-27(21)24(29)16-25-34(30,31)19-10-7-17(8-11-19)26-13-4-6-23(26)28/h7-12,15,21,25H,3-6,13-14,16H2,1-2H3/t21-/m1/s1. The second kappa shape index (κ2) is 10.0. The van der Waals surface area contributed by atoms with Crippen LogP contribution in [-0.2, 0) is 19.6 Å². The molecule has 2 aromatic rings. The molecule has 0 spiro atoms. The van der Waals surface area contributed by atoms with E-state index in [9.17, 15) is 18.0 Å². The molecule has 34 heavy (non-hydrogen) atoms. The molecule has 0 unspecified atom stereocenters. The van der Waals surface area contributed by atoms with Gasteiger partial charge in [-0.3, -0.25) is 9.59 Å². The lowest BCUT2D eigenvalue weighted by molar-refractivity contribution is -0.130. The molecule has 0 aromatic heterocycles. The maximum atomic E-state index is 13.0. The largest absolute Gasteiger partial charge is 0.497 e. The number of carbonyl (C=O) groups is 2. The molecule has 10 heteroatoms. The lowest BCUT2D eigenvalue weighted by Gasteiger charge is -2.26. The third-order valence-electron chi connectivity index (χ3n) is 6.32. The van der Waals surface area contributed by atoms with E-state index in [0.717, 1.165) is 24.8 Å². The number of nitrogens with zero attached hydrogens (tertiary/aromatic N) is 2. The van der Waals surface area contributed by atoms with Gasteiger partial charge in [-0.05, 0) is 55.7 Å². The van der Waals surface area contributed by atoms with Crippen LogP contribution in [0.4, 0.5) is 5.69 Å². The normalized spacial score (nSPS) is 18.4. The molecule has 182 valence electrons. The summed E-state index contributed by atoms with van der Waals surface area (Å²) in [5.74, 6) is 1.02. The van der Waals surface area contributed by atoms with Crippen LogP contribution in [-0.4, -0.2) is 59.0 Å². The van der Waals surface area contributed by atoms with Crippen LogP contribution in [0.15, 0.2) is 47.4 Å². The summed E-state index contributed by atoms with van der Waals surface area (Å²) >= 11 is 0. The minimum absolute atomic E-state index is 0.0352. The summed E-state index contributed by atoms with van der Waals surface area (Å²) in [6.07, 6.45) is 2.87. The summed E-state index contributed by atoms with van der Waals surface area (Å²) < 4.78 is 38.7. The lowest BCUT2D eigenvalue weighted by Crippen LogP contribution is -2.39. The van der Waals surface area contributed by atoms with Crippen molar-refractivity contribution in [1.82, 2.24) is 9.62 Å². The summed E-state index contributed by atoms with van der Waals surface area (Å²) in [7, 11) is -0.742. The zero-order chi connectivity index (χ0) is 24.3. The van der Waals surface area contributed by atoms with Crippen molar-refractivity contribution in [3.8, 4) is 11.5 Å². The smallest absolute Gasteiger partial charge is 0.241 e. The van der Waals surface area contributed by atoms with E-state index >= 15 is 0 Å². The molecular formula is C24H29N3O6S. The van der Waals surface area contributed by atoms with E-state index in [-0.39, 0.29) is 29.3 Å². The molecule has 1 N–H and O–H groups in total. The fraction of sp³-hybridized carbons (Fsp3) is 0.417.